The average molecular weight is 277 g/mol. The molecule has 2 rings (SSSR count). The molecule has 5 heteroatoms. The van der Waals surface area contributed by atoms with Gasteiger partial charge in [0.25, 0.3) is 5.91 Å². The van der Waals surface area contributed by atoms with Gasteiger partial charge >= 0.3 is 0 Å². The Morgan fingerprint density at radius 2 is 2.15 bits per heavy atom. The van der Waals surface area contributed by atoms with Crippen molar-refractivity contribution in [2.75, 3.05) is 6.54 Å². The number of hydrogen-bond donors (Lipinski definition) is 2. The van der Waals surface area contributed by atoms with Crippen molar-refractivity contribution in [3.63, 3.8) is 0 Å². The zero-order chi connectivity index (χ0) is 14.8. The van der Waals surface area contributed by atoms with Crippen molar-refractivity contribution in [2.45, 2.75) is 32.7 Å². The Morgan fingerprint density at radius 3 is 2.80 bits per heavy atom. The fourth-order valence-electron chi connectivity index (χ4n) is 2.13. The van der Waals surface area contributed by atoms with Crippen LogP contribution in [0, 0.1) is 11.7 Å². The molecule has 1 atom stereocenters. The Labute approximate surface area is 118 Å². The van der Waals surface area contributed by atoms with Crippen LogP contribution >= 0.6 is 0 Å². The van der Waals surface area contributed by atoms with E-state index >= 15 is 0 Å². The van der Waals surface area contributed by atoms with Crippen molar-refractivity contribution in [2.24, 2.45) is 10.9 Å². The molecule has 2 N–H and O–H groups in total. The SMILES string of the molecule is CC(C)CN=C1NC(=O)C(C)(Cc2cccc(F)c2)N1. The van der Waals surface area contributed by atoms with Crippen molar-refractivity contribution >= 4 is 11.9 Å². The van der Waals surface area contributed by atoms with Gasteiger partial charge in [0.05, 0.1) is 0 Å². The summed E-state index contributed by atoms with van der Waals surface area (Å²) in [7, 11) is 0. The zero-order valence-electron chi connectivity index (χ0n) is 12.0. The molecule has 0 aliphatic carbocycles. The maximum absolute atomic E-state index is 13.2. The minimum absolute atomic E-state index is 0.135. The van der Waals surface area contributed by atoms with Gasteiger partial charge in [0, 0.05) is 13.0 Å². The molecule has 1 aromatic rings. The van der Waals surface area contributed by atoms with Gasteiger partial charge in [-0.1, -0.05) is 26.0 Å². The highest BCUT2D eigenvalue weighted by molar-refractivity contribution is 6.08. The lowest BCUT2D eigenvalue weighted by Gasteiger charge is -2.21. The number of benzene rings is 1. The molecule has 0 aromatic heterocycles. The molecule has 0 spiro atoms. The molecule has 1 fully saturated rings. The van der Waals surface area contributed by atoms with Crippen LogP contribution in [0.4, 0.5) is 4.39 Å². The van der Waals surface area contributed by atoms with Crippen LogP contribution in [-0.4, -0.2) is 24.0 Å². The van der Waals surface area contributed by atoms with E-state index in [0.29, 0.717) is 24.8 Å². The highest BCUT2D eigenvalue weighted by Gasteiger charge is 2.40. The van der Waals surface area contributed by atoms with E-state index in [1.807, 2.05) is 6.07 Å². The first kappa shape index (κ1) is 14.5. The first-order valence-corrected chi connectivity index (χ1v) is 6.77. The molecule has 1 unspecified atom stereocenters. The minimum Gasteiger partial charge on any atom is -0.342 e. The largest absolute Gasteiger partial charge is 0.342 e. The number of carbonyl (C=O) groups is 1. The van der Waals surface area contributed by atoms with Gasteiger partial charge in [0.15, 0.2) is 5.96 Å². The first-order valence-electron chi connectivity index (χ1n) is 6.77. The molecule has 1 heterocycles. The molecular weight excluding hydrogens is 257 g/mol. The van der Waals surface area contributed by atoms with Gasteiger partial charge in [0.2, 0.25) is 0 Å². The topological polar surface area (TPSA) is 53.5 Å². The summed E-state index contributed by atoms with van der Waals surface area (Å²) < 4.78 is 13.2. The summed E-state index contributed by atoms with van der Waals surface area (Å²) >= 11 is 0. The number of rotatable bonds is 4. The first-order chi connectivity index (χ1) is 9.39. The summed E-state index contributed by atoms with van der Waals surface area (Å²) in [5.74, 6) is 0.501. The van der Waals surface area contributed by atoms with Crippen molar-refractivity contribution in [3.8, 4) is 0 Å². The van der Waals surface area contributed by atoms with Crippen LogP contribution in [0.2, 0.25) is 0 Å². The summed E-state index contributed by atoms with van der Waals surface area (Å²) in [5.41, 5.74) is -0.0101. The molecule has 0 saturated carbocycles. The maximum atomic E-state index is 13.2. The summed E-state index contributed by atoms with van der Waals surface area (Å²) in [6.45, 7) is 6.57. The average Bonchev–Trinajstić information content (AvgIpc) is 2.62. The Morgan fingerprint density at radius 1 is 1.40 bits per heavy atom. The normalized spacial score (nSPS) is 24.1. The zero-order valence-corrected chi connectivity index (χ0v) is 12.0. The molecule has 1 amide bonds. The lowest BCUT2D eigenvalue weighted by atomic mass is 9.93. The number of amides is 1. The van der Waals surface area contributed by atoms with Gasteiger partial charge in [-0.15, -0.1) is 0 Å². The van der Waals surface area contributed by atoms with Crippen LogP contribution in [0.3, 0.4) is 0 Å². The molecule has 1 aromatic carbocycles. The molecule has 1 aliphatic heterocycles. The number of guanidine groups is 1. The molecule has 0 bridgehead atoms. The fraction of sp³-hybridized carbons (Fsp3) is 0.467. The summed E-state index contributed by atoms with van der Waals surface area (Å²) in [4.78, 5) is 16.4. The Balaban J connectivity index is 2.11. The lowest BCUT2D eigenvalue weighted by Crippen LogP contribution is -2.45. The third-order valence-corrected chi connectivity index (χ3v) is 3.19. The van der Waals surface area contributed by atoms with E-state index in [0.717, 1.165) is 5.56 Å². The van der Waals surface area contributed by atoms with E-state index < -0.39 is 5.54 Å². The predicted octanol–water partition coefficient (Wildman–Crippen LogP) is 1.86. The van der Waals surface area contributed by atoms with Gasteiger partial charge in [-0.3, -0.25) is 15.1 Å². The Kier molecular flexibility index (Phi) is 4.06. The van der Waals surface area contributed by atoms with Crippen molar-refractivity contribution in [1.29, 1.82) is 0 Å². The molecule has 0 radical (unpaired) electrons. The smallest absolute Gasteiger partial charge is 0.252 e. The highest BCUT2D eigenvalue weighted by atomic mass is 19.1. The number of halogens is 1. The summed E-state index contributed by atoms with van der Waals surface area (Å²) in [5, 5.41) is 5.85. The predicted molar refractivity (Wildman–Crippen MR) is 76.9 cm³/mol. The second-order valence-electron chi connectivity index (χ2n) is 5.80. The van der Waals surface area contributed by atoms with Crippen LogP contribution in [-0.2, 0) is 11.2 Å². The van der Waals surface area contributed by atoms with Gasteiger partial charge in [-0.05, 0) is 30.5 Å². The molecule has 4 nitrogen and oxygen atoms in total. The van der Waals surface area contributed by atoms with E-state index in [9.17, 15) is 9.18 Å². The molecule has 1 aliphatic rings. The third-order valence-electron chi connectivity index (χ3n) is 3.19. The molecule has 1 saturated heterocycles. The number of nitrogens with one attached hydrogen (secondary N) is 2. The van der Waals surface area contributed by atoms with E-state index in [2.05, 4.69) is 29.5 Å². The summed E-state index contributed by atoms with van der Waals surface area (Å²) in [6, 6.07) is 6.30. The van der Waals surface area contributed by atoms with Crippen LogP contribution < -0.4 is 10.6 Å². The van der Waals surface area contributed by atoms with Crippen LogP contribution in [0.5, 0.6) is 0 Å². The number of hydrogen-bond acceptors (Lipinski definition) is 2. The van der Waals surface area contributed by atoms with Gasteiger partial charge in [-0.2, -0.15) is 0 Å². The Hall–Kier alpha value is -1.91. The molecule has 108 valence electrons. The van der Waals surface area contributed by atoms with E-state index in [4.69, 9.17) is 0 Å². The number of carbonyl (C=O) groups excluding carboxylic acids is 1. The van der Waals surface area contributed by atoms with Gasteiger partial charge in [0.1, 0.15) is 11.4 Å². The minimum atomic E-state index is -0.788. The lowest BCUT2D eigenvalue weighted by molar-refractivity contribution is -0.123. The second kappa shape index (κ2) is 5.61. The molecule has 20 heavy (non-hydrogen) atoms. The quantitative estimate of drug-likeness (QED) is 0.882. The maximum Gasteiger partial charge on any atom is 0.252 e. The number of aliphatic imine (C=N–C) groups is 1. The van der Waals surface area contributed by atoms with Crippen molar-refractivity contribution in [1.82, 2.24) is 10.6 Å². The highest BCUT2D eigenvalue weighted by Crippen LogP contribution is 2.18. The van der Waals surface area contributed by atoms with Crippen molar-refractivity contribution < 1.29 is 9.18 Å². The van der Waals surface area contributed by atoms with Crippen LogP contribution in [0.15, 0.2) is 29.3 Å². The standard InChI is InChI=1S/C15H20FN3O/c1-10(2)9-17-14-18-13(20)15(3,19-14)8-11-5-4-6-12(16)7-11/h4-7,10H,8-9H2,1-3H3,(H2,17,18,19,20). The fourth-order valence-corrected chi connectivity index (χ4v) is 2.13. The van der Waals surface area contributed by atoms with E-state index in [1.54, 1.807) is 13.0 Å². The van der Waals surface area contributed by atoms with Crippen LogP contribution in [0.25, 0.3) is 0 Å². The monoisotopic (exact) mass is 277 g/mol. The Bertz CT molecular complexity index is 542. The van der Waals surface area contributed by atoms with Crippen molar-refractivity contribution in [3.05, 3.63) is 35.6 Å². The van der Waals surface area contributed by atoms with E-state index in [-0.39, 0.29) is 11.7 Å². The third kappa shape index (κ3) is 3.35. The van der Waals surface area contributed by atoms with Gasteiger partial charge < -0.3 is 5.32 Å². The second-order valence-corrected chi connectivity index (χ2v) is 5.80. The number of nitrogens with zero attached hydrogens (tertiary/aromatic N) is 1. The van der Waals surface area contributed by atoms with Crippen LogP contribution in [0.1, 0.15) is 26.3 Å². The van der Waals surface area contributed by atoms with E-state index in [1.165, 1.54) is 12.1 Å². The summed E-state index contributed by atoms with van der Waals surface area (Å²) in [6.07, 6.45) is 0.414. The molecular formula is C15H20FN3O. The van der Waals surface area contributed by atoms with Gasteiger partial charge in [-0.25, -0.2) is 4.39 Å².